The zero-order chi connectivity index (χ0) is 19.7. The van der Waals surface area contributed by atoms with Crippen molar-refractivity contribution >= 4 is 56.5 Å². The molecule has 3 N–H and O–H groups in total. The number of fused-ring (bicyclic) bond motifs is 2. The van der Waals surface area contributed by atoms with Crippen molar-refractivity contribution in [2.24, 2.45) is 0 Å². The number of thiazole rings is 1. The van der Waals surface area contributed by atoms with Crippen LogP contribution in [-0.4, -0.2) is 44.0 Å². The number of anilines is 1. The Bertz CT molecular complexity index is 1120. The molecule has 0 aliphatic carbocycles. The average molecular weight is 414 g/mol. The largest absolute Gasteiger partial charge is 0.392 e. The van der Waals surface area contributed by atoms with E-state index in [9.17, 15) is 9.90 Å². The maximum atomic E-state index is 11.7. The normalized spacial score (nSPS) is 12.5. The van der Waals surface area contributed by atoms with Gasteiger partial charge in [-0.25, -0.2) is 15.0 Å². The molecule has 0 unspecified atom stereocenters. The van der Waals surface area contributed by atoms with Gasteiger partial charge in [0.25, 0.3) is 0 Å². The summed E-state index contributed by atoms with van der Waals surface area (Å²) in [5, 5.41) is 14.0. The van der Waals surface area contributed by atoms with Crippen LogP contribution in [0.15, 0.2) is 33.8 Å². The molecule has 9 heteroatoms. The first kappa shape index (κ1) is 18.9. The van der Waals surface area contributed by atoms with E-state index in [4.69, 9.17) is 0 Å². The van der Waals surface area contributed by atoms with E-state index in [1.807, 2.05) is 31.2 Å². The summed E-state index contributed by atoms with van der Waals surface area (Å²) in [6.45, 7) is 3.99. The van der Waals surface area contributed by atoms with Crippen molar-refractivity contribution in [3.63, 3.8) is 0 Å². The summed E-state index contributed by atoms with van der Waals surface area (Å²) < 4.78 is 1.95. The average Bonchev–Trinajstić information content (AvgIpc) is 3.25. The quantitative estimate of drug-likeness (QED) is 0.312. The lowest BCUT2D eigenvalue weighted by Gasteiger charge is -2.10. The molecule has 4 aromatic rings. The third kappa shape index (κ3) is 3.60. The van der Waals surface area contributed by atoms with Crippen LogP contribution in [0.3, 0.4) is 0 Å². The number of H-pyrrole nitrogens is 1. The summed E-state index contributed by atoms with van der Waals surface area (Å²) >= 11 is 2.97. The topological polar surface area (TPSA) is 104 Å². The standard InChI is InChI=1S/C19H19N5O2S2/c1-3-12-11(9-25)15-16(20-8-10(2)26)23-18(24-17(15)21-12)28-19-22-13-6-4-5-7-14(13)27-19/h4-7,9-10,26H,3,8H2,1-2H3,(H2,20,21,23,24)/t10-/m0/s1. The third-order valence-electron chi connectivity index (χ3n) is 4.24. The van der Waals surface area contributed by atoms with E-state index in [0.717, 1.165) is 26.5 Å². The Morgan fingerprint density at radius 3 is 2.86 bits per heavy atom. The number of aromatic amines is 1. The number of benzene rings is 1. The van der Waals surface area contributed by atoms with Crippen LogP contribution in [0.1, 0.15) is 29.9 Å². The lowest BCUT2D eigenvalue weighted by molar-refractivity contribution is 0.112. The Balaban J connectivity index is 1.78. The lowest BCUT2D eigenvalue weighted by Crippen LogP contribution is -2.16. The molecule has 144 valence electrons. The van der Waals surface area contributed by atoms with E-state index >= 15 is 0 Å². The van der Waals surface area contributed by atoms with Crippen molar-refractivity contribution < 1.29 is 9.90 Å². The monoisotopic (exact) mass is 413 g/mol. The molecule has 0 saturated carbocycles. The molecule has 1 atom stereocenters. The van der Waals surface area contributed by atoms with Crippen LogP contribution < -0.4 is 5.32 Å². The fourth-order valence-electron chi connectivity index (χ4n) is 2.95. The molecule has 0 spiro atoms. The summed E-state index contributed by atoms with van der Waals surface area (Å²) in [4.78, 5) is 28.7. The Morgan fingerprint density at radius 2 is 2.14 bits per heavy atom. The van der Waals surface area contributed by atoms with Gasteiger partial charge in [-0.3, -0.25) is 4.79 Å². The van der Waals surface area contributed by atoms with Crippen LogP contribution in [0.25, 0.3) is 21.3 Å². The molecule has 0 fully saturated rings. The summed E-state index contributed by atoms with van der Waals surface area (Å²) in [5.41, 5.74) is 2.93. The van der Waals surface area contributed by atoms with Crippen LogP contribution >= 0.6 is 23.1 Å². The van der Waals surface area contributed by atoms with E-state index in [1.165, 1.54) is 11.8 Å². The van der Waals surface area contributed by atoms with Gasteiger partial charge in [0, 0.05) is 17.8 Å². The van der Waals surface area contributed by atoms with Gasteiger partial charge in [-0.05, 0) is 37.2 Å². The van der Waals surface area contributed by atoms with Gasteiger partial charge in [0.2, 0.25) is 0 Å². The minimum Gasteiger partial charge on any atom is -0.392 e. The number of nitrogens with zero attached hydrogens (tertiary/aromatic N) is 3. The van der Waals surface area contributed by atoms with Crippen LogP contribution in [0.5, 0.6) is 0 Å². The summed E-state index contributed by atoms with van der Waals surface area (Å²) in [6, 6.07) is 7.96. The first-order valence-corrected chi connectivity index (χ1v) is 10.6. The molecule has 0 aliphatic rings. The molecule has 7 nitrogen and oxygen atoms in total. The van der Waals surface area contributed by atoms with E-state index in [1.54, 1.807) is 18.3 Å². The van der Waals surface area contributed by atoms with Crippen molar-refractivity contribution in [3.05, 3.63) is 35.5 Å². The Labute approximate surface area is 169 Å². The summed E-state index contributed by atoms with van der Waals surface area (Å²) in [7, 11) is 0. The number of hydrogen-bond donors (Lipinski definition) is 3. The van der Waals surface area contributed by atoms with Crippen LogP contribution in [-0.2, 0) is 6.42 Å². The van der Waals surface area contributed by atoms with Crippen LogP contribution in [0.2, 0.25) is 0 Å². The van der Waals surface area contributed by atoms with Crippen molar-refractivity contribution in [3.8, 4) is 0 Å². The number of hydrogen-bond acceptors (Lipinski definition) is 8. The van der Waals surface area contributed by atoms with E-state index in [2.05, 4.69) is 25.3 Å². The Kier molecular flexibility index (Phi) is 5.29. The van der Waals surface area contributed by atoms with Gasteiger partial charge in [0.05, 0.1) is 21.7 Å². The number of para-hydroxylation sites is 1. The van der Waals surface area contributed by atoms with Crippen molar-refractivity contribution in [2.75, 3.05) is 11.9 Å². The van der Waals surface area contributed by atoms with Crippen LogP contribution in [0, 0.1) is 0 Å². The summed E-state index contributed by atoms with van der Waals surface area (Å²) in [5.74, 6) is 0.535. The zero-order valence-electron chi connectivity index (χ0n) is 15.4. The molecular weight excluding hydrogens is 394 g/mol. The number of carbonyl (C=O) groups excluding carboxylic acids is 1. The van der Waals surface area contributed by atoms with E-state index < -0.39 is 6.10 Å². The number of aldehydes is 1. The Morgan fingerprint density at radius 1 is 1.32 bits per heavy atom. The fourth-order valence-corrected chi connectivity index (χ4v) is 4.88. The number of rotatable bonds is 7. The summed E-state index contributed by atoms with van der Waals surface area (Å²) in [6.07, 6.45) is 0.963. The smallest absolute Gasteiger partial charge is 0.198 e. The SMILES string of the molecule is CCc1[nH]c2nc(Sc3nc4ccccc4s3)nc(NC[C@H](C)O)c2c1C=O. The molecule has 28 heavy (non-hydrogen) atoms. The fraction of sp³-hybridized carbons (Fsp3) is 0.263. The molecule has 3 heterocycles. The van der Waals surface area contributed by atoms with E-state index in [0.29, 0.717) is 40.5 Å². The highest BCUT2D eigenvalue weighted by atomic mass is 32.2. The molecule has 0 aliphatic heterocycles. The molecule has 0 radical (unpaired) electrons. The van der Waals surface area contributed by atoms with Crippen molar-refractivity contribution in [1.82, 2.24) is 19.9 Å². The third-order valence-corrected chi connectivity index (χ3v) is 6.20. The lowest BCUT2D eigenvalue weighted by atomic mass is 10.1. The molecule has 0 bridgehead atoms. The number of aliphatic hydroxyl groups is 1. The molecule has 3 aromatic heterocycles. The highest BCUT2D eigenvalue weighted by molar-refractivity contribution is 8.01. The minimum absolute atomic E-state index is 0.322. The maximum absolute atomic E-state index is 11.7. The van der Waals surface area contributed by atoms with Crippen molar-refractivity contribution in [1.29, 1.82) is 0 Å². The molecular formula is C19H19N5O2S2. The van der Waals surface area contributed by atoms with Gasteiger partial charge in [-0.2, -0.15) is 0 Å². The second-order valence-electron chi connectivity index (χ2n) is 6.35. The maximum Gasteiger partial charge on any atom is 0.198 e. The van der Waals surface area contributed by atoms with Crippen molar-refractivity contribution in [2.45, 2.75) is 35.9 Å². The number of carbonyl (C=O) groups is 1. The second kappa shape index (κ2) is 7.86. The first-order valence-electron chi connectivity index (χ1n) is 8.92. The van der Waals surface area contributed by atoms with Gasteiger partial charge >= 0.3 is 0 Å². The van der Waals surface area contributed by atoms with Crippen LogP contribution in [0.4, 0.5) is 5.82 Å². The van der Waals surface area contributed by atoms with E-state index in [-0.39, 0.29) is 0 Å². The predicted molar refractivity (Wildman–Crippen MR) is 113 cm³/mol. The Hall–Kier alpha value is -2.49. The molecule has 0 saturated heterocycles. The number of aromatic nitrogens is 4. The van der Waals surface area contributed by atoms with Gasteiger partial charge in [-0.1, -0.05) is 19.1 Å². The highest BCUT2D eigenvalue weighted by Crippen LogP contribution is 2.35. The number of aliphatic hydroxyl groups excluding tert-OH is 1. The minimum atomic E-state index is -0.547. The second-order valence-corrected chi connectivity index (χ2v) is 8.59. The first-order chi connectivity index (χ1) is 13.6. The molecule has 1 aromatic carbocycles. The van der Waals surface area contributed by atoms with Gasteiger partial charge < -0.3 is 15.4 Å². The van der Waals surface area contributed by atoms with Gasteiger partial charge in [0.1, 0.15) is 11.5 Å². The predicted octanol–water partition coefficient (Wildman–Crippen LogP) is 3.89. The molecule has 0 amide bonds. The zero-order valence-corrected chi connectivity index (χ0v) is 17.0. The highest BCUT2D eigenvalue weighted by Gasteiger charge is 2.19. The number of nitrogens with one attached hydrogen (secondary N) is 2. The van der Waals surface area contributed by atoms with Gasteiger partial charge in [-0.15, -0.1) is 11.3 Å². The molecule has 4 rings (SSSR count). The number of aryl methyl sites for hydroxylation is 1. The van der Waals surface area contributed by atoms with Gasteiger partial charge in [0.15, 0.2) is 15.8 Å².